The van der Waals surface area contributed by atoms with Gasteiger partial charge in [0.2, 0.25) is 5.95 Å². The summed E-state index contributed by atoms with van der Waals surface area (Å²) in [6.07, 6.45) is 9.29. The number of piperidine rings is 1. The van der Waals surface area contributed by atoms with Crippen molar-refractivity contribution >= 4 is 17.5 Å². The molecule has 5 heterocycles. The number of amides is 1. The molecule has 34 heavy (non-hydrogen) atoms. The number of nitrogens with one attached hydrogen (secondary N) is 1. The molecule has 9 nitrogen and oxygen atoms in total. The van der Waals surface area contributed by atoms with Crippen molar-refractivity contribution in [3.8, 4) is 11.4 Å². The van der Waals surface area contributed by atoms with Gasteiger partial charge in [-0.25, -0.2) is 24.3 Å². The molecule has 1 amide bonds. The van der Waals surface area contributed by atoms with Crippen LogP contribution in [0.3, 0.4) is 0 Å². The number of pyridine rings is 1. The zero-order valence-electron chi connectivity index (χ0n) is 19.2. The van der Waals surface area contributed by atoms with Crippen LogP contribution in [0.5, 0.6) is 0 Å². The molecule has 2 saturated heterocycles. The Labute approximate surface area is 197 Å². The predicted molar refractivity (Wildman–Crippen MR) is 124 cm³/mol. The molecule has 0 radical (unpaired) electrons. The van der Waals surface area contributed by atoms with Gasteiger partial charge in [0.25, 0.3) is 5.91 Å². The summed E-state index contributed by atoms with van der Waals surface area (Å²) in [7, 11) is 0. The number of carbonyl (C=O) groups is 1. The fourth-order valence-corrected chi connectivity index (χ4v) is 4.62. The van der Waals surface area contributed by atoms with E-state index < -0.39 is 5.82 Å². The Kier molecular flexibility index (Phi) is 6.48. The number of aryl methyl sites for hydroxylation is 1. The number of likely N-dealkylation sites (tertiary alicyclic amines) is 1. The third-order valence-electron chi connectivity index (χ3n) is 6.41. The second-order valence-corrected chi connectivity index (χ2v) is 8.70. The lowest BCUT2D eigenvalue weighted by Gasteiger charge is -2.26. The van der Waals surface area contributed by atoms with Gasteiger partial charge in [-0.2, -0.15) is 0 Å². The fourth-order valence-electron chi connectivity index (χ4n) is 4.62. The Bertz CT molecular complexity index is 1150. The van der Waals surface area contributed by atoms with Gasteiger partial charge in [-0.1, -0.05) is 0 Å². The van der Waals surface area contributed by atoms with Crippen LogP contribution < -0.4 is 5.32 Å². The average Bonchev–Trinajstić information content (AvgIpc) is 3.27. The first kappa shape index (κ1) is 22.4. The summed E-state index contributed by atoms with van der Waals surface area (Å²) in [5.41, 5.74) is 1.83. The molecular formula is C24H28FN7O2. The number of nitrogens with zero attached hydrogens (tertiary/aromatic N) is 6. The van der Waals surface area contributed by atoms with Crippen LogP contribution in [0.4, 0.5) is 16.0 Å². The molecule has 0 saturated carbocycles. The van der Waals surface area contributed by atoms with E-state index in [1.807, 2.05) is 16.4 Å². The molecule has 0 bridgehead atoms. The van der Waals surface area contributed by atoms with E-state index in [-0.39, 0.29) is 23.6 Å². The van der Waals surface area contributed by atoms with E-state index in [4.69, 9.17) is 4.74 Å². The highest BCUT2D eigenvalue weighted by Crippen LogP contribution is 2.31. The van der Waals surface area contributed by atoms with Gasteiger partial charge < -0.3 is 19.5 Å². The van der Waals surface area contributed by atoms with Gasteiger partial charge in [-0.15, -0.1) is 0 Å². The first-order chi connectivity index (χ1) is 16.6. The number of anilines is 2. The number of rotatable bonds is 5. The van der Waals surface area contributed by atoms with Crippen LogP contribution in [0.1, 0.15) is 54.5 Å². The topological polar surface area (TPSA) is 98.1 Å². The molecule has 5 rings (SSSR count). The molecule has 2 fully saturated rings. The van der Waals surface area contributed by atoms with Crippen LogP contribution >= 0.6 is 0 Å². The Morgan fingerprint density at radius 1 is 1.06 bits per heavy atom. The first-order valence-corrected chi connectivity index (χ1v) is 11.8. The lowest BCUT2D eigenvalue weighted by atomic mass is 10.1. The fraction of sp³-hybridized carbons (Fsp3) is 0.458. The molecule has 0 aliphatic carbocycles. The largest absolute Gasteiger partial charge is 0.381 e. The van der Waals surface area contributed by atoms with E-state index in [0.717, 1.165) is 57.2 Å². The summed E-state index contributed by atoms with van der Waals surface area (Å²) >= 11 is 0. The number of hydrogen-bond donors (Lipinski definition) is 1. The van der Waals surface area contributed by atoms with E-state index >= 15 is 0 Å². The van der Waals surface area contributed by atoms with Crippen LogP contribution in [-0.4, -0.2) is 61.6 Å². The molecule has 0 aromatic carbocycles. The van der Waals surface area contributed by atoms with E-state index in [1.54, 1.807) is 24.5 Å². The summed E-state index contributed by atoms with van der Waals surface area (Å²) < 4.78 is 22.3. The smallest absolute Gasteiger partial charge is 0.272 e. The Morgan fingerprint density at radius 2 is 1.85 bits per heavy atom. The highest BCUT2D eigenvalue weighted by Gasteiger charge is 2.24. The summed E-state index contributed by atoms with van der Waals surface area (Å²) in [5.74, 6) is 0.487. The average molecular weight is 466 g/mol. The number of carbonyl (C=O) groups excluding carboxylic acids is 1. The number of aromatic nitrogens is 5. The van der Waals surface area contributed by atoms with Crippen molar-refractivity contribution in [2.75, 3.05) is 31.6 Å². The molecule has 3 aromatic rings. The Balaban J connectivity index is 1.35. The molecule has 0 spiro atoms. The summed E-state index contributed by atoms with van der Waals surface area (Å²) in [6, 6.07) is 3.63. The zero-order chi connectivity index (χ0) is 23.5. The Hall–Kier alpha value is -3.40. The SMILES string of the molecule is Cc1ncc(-c2nc(Nc3ccc(C(=O)N4CCCCC4)nc3)ncc2F)n1C1CCOCC1. The second kappa shape index (κ2) is 9.84. The van der Waals surface area contributed by atoms with Gasteiger partial charge in [-0.3, -0.25) is 4.79 Å². The molecule has 1 N–H and O–H groups in total. The minimum Gasteiger partial charge on any atom is -0.381 e. The van der Waals surface area contributed by atoms with Crippen LogP contribution in [0.25, 0.3) is 11.4 Å². The predicted octanol–water partition coefficient (Wildman–Crippen LogP) is 3.90. The molecule has 0 unspecified atom stereocenters. The summed E-state index contributed by atoms with van der Waals surface area (Å²) in [5, 5.41) is 3.07. The van der Waals surface area contributed by atoms with Gasteiger partial charge in [0.15, 0.2) is 5.82 Å². The molecule has 178 valence electrons. The normalized spacial score (nSPS) is 17.1. The molecule has 2 aliphatic heterocycles. The lowest BCUT2D eigenvalue weighted by Crippen LogP contribution is -2.36. The van der Waals surface area contributed by atoms with Crippen molar-refractivity contribution in [1.29, 1.82) is 0 Å². The van der Waals surface area contributed by atoms with Crippen molar-refractivity contribution in [2.45, 2.75) is 45.1 Å². The number of imidazole rings is 1. The molecule has 0 atom stereocenters. The van der Waals surface area contributed by atoms with Crippen molar-refractivity contribution < 1.29 is 13.9 Å². The van der Waals surface area contributed by atoms with Gasteiger partial charge >= 0.3 is 0 Å². The van der Waals surface area contributed by atoms with Gasteiger partial charge in [-0.05, 0) is 51.2 Å². The number of halogens is 1. The monoisotopic (exact) mass is 465 g/mol. The van der Waals surface area contributed by atoms with Gasteiger partial charge in [0, 0.05) is 32.3 Å². The molecule has 3 aromatic heterocycles. The quantitative estimate of drug-likeness (QED) is 0.610. The summed E-state index contributed by atoms with van der Waals surface area (Å²) in [6.45, 7) is 4.80. The maximum Gasteiger partial charge on any atom is 0.272 e. The standard InChI is InChI=1S/C24H28FN7O2/c1-16-26-15-21(32(16)18-7-11-34-12-8-18)22-19(25)14-28-24(30-22)29-17-5-6-20(27-13-17)23(33)31-9-3-2-4-10-31/h5-6,13-15,18H,2-4,7-12H2,1H3,(H,28,29,30). The van der Waals surface area contributed by atoms with Crippen molar-refractivity contribution in [1.82, 2.24) is 29.4 Å². The maximum absolute atomic E-state index is 14.8. The van der Waals surface area contributed by atoms with Crippen molar-refractivity contribution in [3.05, 3.63) is 48.1 Å². The summed E-state index contributed by atoms with van der Waals surface area (Å²) in [4.78, 5) is 31.7. The van der Waals surface area contributed by atoms with Crippen molar-refractivity contribution in [3.63, 3.8) is 0 Å². The van der Waals surface area contributed by atoms with Crippen LogP contribution in [0.2, 0.25) is 0 Å². The van der Waals surface area contributed by atoms with E-state index in [9.17, 15) is 9.18 Å². The van der Waals surface area contributed by atoms with Gasteiger partial charge in [0.05, 0.1) is 30.0 Å². The number of ether oxygens (including phenoxy) is 1. The van der Waals surface area contributed by atoms with Crippen LogP contribution in [0, 0.1) is 12.7 Å². The minimum absolute atomic E-state index is 0.0525. The zero-order valence-corrected chi connectivity index (χ0v) is 19.2. The van der Waals surface area contributed by atoms with Crippen LogP contribution in [-0.2, 0) is 4.74 Å². The minimum atomic E-state index is -0.514. The first-order valence-electron chi connectivity index (χ1n) is 11.8. The second-order valence-electron chi connectivity index (χ2n) is 8.70. The van der Waals surface area contributed by atoms with E-state index in [2.05, 4.69) is 25.3 Å². The molecular weight excluding hydrogens is 437 g/mol. The molecule has 10 heteroatoms. The van der Waals surface area contributed by atoms with E-state index in [0.29, 0.717) is 30.3 Å². The maximum atomic E-state index is 14.8. The van der Waals surface area contributed by atoms with E-state index in [1.165, 1.54) is 0 Å². The third kappa shape index (κ3) is 4.63. The highest BCUT2D eigenvalue weighted by atomic mass is 19.1. The van der Waals surface area contributed by atoms with Gasteiger partial charge in [0.1, 0.15) is 17.2 Å². The highest BCUT2D eigenvalue weighted by molar-refractivity contribution is 5.92. The van der Waals surface area contributed by atoms with Crippen LogP contribution in [0.15, 0.2) is 30.7 Å². The lowest BCUT2D eigenvalue weighted by molar-refractivity contribution is 0.0694. The van der Waals surface area contributed by atoms with Crippen molar-refractivity contribution in [2.24, 2.45) is 0 Å². The molecule has 2 aliphatic rings. The third-order valence-corrected chi connectivity index (χ3v) is 6.41. The number of hydrogen-bond acceptors (Lipinski definition) is 7. The Morgan fingerprint density at radius 3 is 2.59 bits per heavy atom.